The lowest BCUT2D eigenvalue weighted by Gasteiger charge is -2.16. The molecule has 2 aromatic rings. The standard InChI is InChI=1S/C15H15Br2NS/c1-18-14(13-8-12(16)15(17)19-13)11-6-5-9-3-2-4-10(9)7-11/h5-8,14,18H,2-4H2,1H3. The zero-order valence-corrected chi connectivity index (χ0v) is 14.7. The van der Waals surface area contributed by atoms with Gasteiger partial charge in [0, 0.05) is 9.35 Å². The molecular formula is C15H15Br2NS. The van der Waals surface area contributed by atoms with Gasteiger partial charge < -0.3 is 5.32 Å². The average molecular weight is 401 g/mol. The van der Waals surface area contributed by atoms with Gasteiger partial charge in [0.15, 0.2) is 0 Å². The summed E-state index contributed by atoms with van der Waals surface area (Å²) in [5, 5.41) is 3.44. The van der Waals surface area contributed by atoms with Gasteiger partial charge in [-0.2, -0.15) is 0 Å². The molecule has 1 aliphatic rings. The first-order valence-corrected chi connectivity index (χ1v) is 8.83. The molecule has 1 heterocycles. The fraction of sp³-hybridized carbons (Fsp3) is 0.333. The van der Waals surface area contributed by atoms with Crippen molar-refractivity contribution in [2.24, 2.45) is 0 Å². The zero-order valence-electron chi connectivity index (χ0n) is 10.7. The van der Waals surface area contributed by atoms with Gasteiger partial charge in [0.1, 0.15) is 0 Å². The molecule has 1 unspecified atom stereocenters. The molecule has 0 saturated heterocycles. The maximum atomic E-state index is 3.58. The minimum absolute atomic E-state index is 0.276. The lowest BCUT2D eigenvalue weighted by atomic mass is 10.0. The van der Waals surface area contributed by atoms with Gasteiger partial charge in [0.05, 0.1) is 9.83 Å². The van der Waals surface area contributed by atoms with Crippen molar-refractivity contribution in [3.8, 4) is 0 Å². The molecule has 0 fully saturated rings. The van der Waals surface area contributed by atoms with Crippen molar-refractivity contribution in [3.63, 3.8) is 0 Å². The number of aryl methyl sites for hydroxylation is 2. The minimum atomic E-state index is 0.276. The van der Waals surface area contributed by atoms with Crippen LogP contribution in [0.25, 0.3) is 0 Å². The molecule has 0 radical (unpaired) electrons. The normalized spacial score (nSPS) is 15.5. The van der Waals surface area contributed by atoms with E-state index in [9.17, 15) is 0 Å². The van der Waals surface area contributed by atoms with Crippen LogP contribution in [-0.4, -0.2) is 7.05 Å². The smallest absolute Gasteiger partial charge is 0.0843 e. The Balaban J connectivity index is 1.98. The third-order valence-corrected chi connectivity index (χ3v) is 7.01. The molecule has 0 bridgehead atoms. The fourth-order valence-corrected chi connectivity index (χ4v) is 4.98. The first-order valence-electron chi connectivity index (χ1n) is 6.42. The quantitative estimate of drug-likeness (QED) is 0.758. The largest absolute Gasteiger partial charge is 0.309 e. The van der Waals surface area contributed by atoms with E-state index in [0.29, 0.717) is 0 Å². The Morgan fingerprint density at radius 3 is 2.63 bits per heavy atom. The van der Waals surface area contributed by atoms with E-state index in [1.807, 2.05) is 7.05 Å². The van der Waals surface area contributed by atoms with Gasteiger partial charge in [0.2, 0.25) is 0 Å². The molecule has 1 aromatic heterocycles. The monoisotopic (exact) mass is 399 g/mol. The van der Waals surface area contributed by atoms with E-state index >= 15 is 0 Å². The highest BCUT2D eigenvalue weighted by atomic mass is 79.9. The van der Waals surface area contributed by atoms with Crippen LogP contribution >= 0.6 is 43.2 Å². The van der Waals surface area contributed by atoms with Gasteiger partial charge in [-0.15, -0.1) is 11.3 Å². The van der Waals surface area contributed by atoms with Gasteiger partial charge in [0.25, 0.3) is 0 Å². The highest BCUT2D eigenvalue weighted by Gasteiger charge is 2.19. The number of hydrogen-bond acceptors (Lipinski definition) is 2. The predicted octanol–water partition coefficient (Wildman–Crippen LogP) is 5.07. The minimum Gasteiger partial charge on any atom is -0.309 e. The summed E-state index contributed by atoms with van der Waals surface area (Å²) in [5.41, 5.74) is 4.43. The van der Waals surface area contributed by atoms with Gasteiger partial charge in [-0.3, -0.25) is 0 Å². The second kappa shape index (κ2) is 5.68. The van der Waals surface area contributed by atoms with Crippen molar-refractivity contribution < 1.29 is 0 Å². The molecule has 1 nitrogen and oxygen atoms in total. The van der Waals surface area contributed by atoms with Crippen LogP contribution < -0.4 is 5.32 Å². The van der Waals surface area contributed by atoms with Gasteiger partial charge in [-0.25, -0.2) is 0 Å². The van der Waals surface area contributed by atoms with E-state index < -0.39 is 0 Å². The number of halogens is 2. The predicted molar refractivity (Wildman–Crippen MR) is 89.1 cm³/mol. The van der Waals surface area contributed by atoms with Crippen molar-refractivity contribution in [1.29, 1.82) is 0 Å². The summed E-state index contributed by atoms with van der Waals surface area (Å²) >= 11 is 8.93. The highest BCUT2D eigenvalue weighted by molar-refractivity contribution is 9.13. The molecule has 1 aliphatic carbocycles. The van der Waals surface area contributed by atoms with Gasteiger partial charge >= 0.3 is 0 Å². The van der Waals surface area contributed by atoms with E-state index in [2.05, 4.69) is 61.4 Å². The molecule has 1 aromatic carbocycles. The molecular weight excluding hydrogens is 386 g/mol. The van der Waals surface area contributed by atoms with Crippen molar-refractivity contribution in [2.45, 2.75) is 25.3 Å². The molecule has 3 rings (SSSR count). The summed E-state index contributed by atoms with van der Waals surface area (Å²) in [6.45, 7) is 0. The van der Waals surface area contributed by atoms with Crippen molar-refractivity contribution >= 4 is 43.2 Å². The van der Waals surface area contributed by atoms with Crippen molar-refractivity contribution in [1.82, 2.24) is 5.32 Å². The molecule has 19 heavy (non-hydrogen) atoms. The number of fused-ring (bicyclic) bond motifs is 1. The molecule has 0 spiro atoms. The van der Waals surface area contributed by atoms with E-state index in [0.717, 1.165) is 8.26 Å². The van der Waals surface area contributed by atoms with Crippen LogP contribution in [0.15, 0.2) is 32.5 Å². The van der Waals surface area contributed by atoms with Crippen molar-refractivity contribution in [2.75, 3.05) is 7.05 Å². The summed E-state index contributed by atoms with van der Waals surface area (Å²) in [6, 6.07) is 9.43. The second-order valence-electron chi connectivity index (χ2n) is 4.87. The lowest BCUT2D eigenvalue weighted by Crippen LogP contribution is -2.16. The van der Waals surface area contributed by atoms with Crippen molar-refractivity contribution in [3.05, 3.63) is 54.1 Å². The maximum Gasteiger partial charge on any atom is 0.0843 e. The van der Waals surface area contributed by atoms with E-state index in [-0.39, 0.29) is 6.04 Å². The topological polar surface area (TPSA) is 12.0 Å². The number of thiophene rings is 1. The summed E-state index contributed by atoms with van der Waals surface area (Å²) in [4.78, 5) is 1.33. The third-order valence-electron chi connectivity index (χ3n) is 3.69. The molecule has 1 N–H and O–H groups in total. The number of rotatable bonds is 3. The van der Waals surface area contributed by atoms with Crippen LogP contribution in [0.5, 0.6) is 0 Å². The maximum absolute atomic E-state index is 3.58. The first kappa shape index (κ1) is 13.8. The molecule has 100 valence electrons. The lowest BCUT2D eigenvalue weighted by molar-refractivity contribution is 0.702. The Morgan fingerprint density at radius 2 is 1.95 bits per heavy atom. The van der Waals surface area contributed by atoms with Gasteiger partial charge in [-0.05, 0) is 80.9 Å². The Kier molecular flexibility index (Phi) is 4.13. The summed E-state index contributed by atoms with van der Waals surface area (Å²) in [6.07, 6.45) is 3.78. The Bertz CT molecular complexity index is 587. The van der Waals surface area contributed by atoms with E-state index in [1.54, 1.807) is 11.3 Å². The molecule has 0 amide bonds. The highest BCUT2D eigenvalue weighted by Crippen LogP contribution is 2.38. The Morgan fingerprint density at radius 1 is 1.16 bits per heavy atom. The SMILES string of the molecule is CNC(c1ccc2c(c1)CCC2)c1cc(Br)c(Br)s1. The van der Waals surface area contributed by atoms with Crippen LogP contribution in [0.4, 0.5) is 0 Å². The Labute approximate surface area is 134 Å². The van der Waals surface area contributed by atoms with Crippen LogP contribution in [0.1, 0.15) is 34.0 Å². The second-order valence-corrected chi connectivity index (χ2v) is 8.13. The van der Waals surface area contributed by atoms with Crippen LogP contribution in [0.3, 0.4) is 0 Å². The van der Waals surface area contributed by atoms with E-state index in [1.165, 1.54) is 40.8 Å². The average Bonchev–Trinajstić information content (AvgIpc) is 2.98. The number of nitrogens with one attached hydrogen (secondary N) is 1. The molecule has 4 heteroatoms. The van der Waals surface area contributed by atoms with Crippen LogP contribution in [-0.2, 0) is 12.8 Å². The Hall–Kier alpha value is -0.160. The third kappa shape index (κ3) is 2.68. The summed E-state index contributed by atoms with van der Waals surface area (Å²) in [7, 11) is 2.03. The number of benzene rings is 1. The first-order chi connectivity index (χ1) is 9.19. The summed E-state index contributed by atoms with van der Waals surface area (Å²) < 4.78 is 2.29. The number of hydrogen-bond donors (Lipinski definition) is 1. The fourth-order valence-electron chi connectivity index (χ4n) is 2.75. The molecule has 0 aliphatic heterocycles. The van der Waals surface area contributed by atoms with E-state index in [4.69, 9.17) is 0 Å². The van der Waals surface area contributed by atoms with Gasteiger partial charge in [-0.1, -0.05) is 18.2 Å². The molecule has 1 atom stereocenters. The summed E-state index contributed by atoms with van der Waals surface area (Å²) in [5.74, 6) is 0. The van der Waals surface area contributed by atoms with Crippen LogP contribution in [0, 0.1) is 0 Å². The zero-order chi connectivity index (χ0) is 13.4. The molecule has 0 saturated carbocycles. The van der Waals surface area contributed by atoms with Crippen LogP contribution in [0.2, 0.25) is 0 Å².